The summed E-state index contributed by atoms with van der Waals surface area (Å²) in [5.74, 6) is 0.871. The molecular formula is C12H16N4. The summed E-state index contributed by atoms with van der Waals surface area (Å²) >= 11 is 0. The second-order valence-corrected chi connectivity index (χ2v) is 3.75. The van der Waals surface area contributed by atoms with Crippen molar-refractivity contribution in [2.45, 2.75) is 27.3 Å². The molecule has 0 aromatic carbocycles. The lowest BCUT2D eigenvalue weighted by Gasteiger charge is -2.09. The van der Waals surface area contributed by atoms with E-state index in [4.69, 9.17) is 0 Å². The Morgan fingerprint density at radius 3 is 2.88 bits per heavy atom. The molecular weight excluding hydrogens is 200 g/mol. The van der Waals surface area contributed by atoms with E-state index in [-0.39, 0.29) is 0 Å². The minimum atomic E-state index is 0.871. The molecule has 4 heteroatoms. The quantitative estimate of drug-likeness (QED) is 0.857. The number of pyridine rings is 1. The van der Waals surface area contributed by atoms with Crippen molar-refractivity contribution in [3.8, 4) is 0 Å². The minimum Gasteiger partial charge on any atom is -0.324 e. The molecule has 16 heavy (non-hydrogen) atoms. The van der Waals surface area contributed by atoms with Crippen LogP contribution in [0.3, 0.4) is 0 Å². The SMILES string of the molecule is CCn1cc(C)nc1Nc1cccnc1C. The number of aryl methyl sites for hydroxylation is 3. The Bertz CT molecular complexity index is 488. The van der Waals surface area contributed by atoms with Gasteiger partial charge >= 0.3 is 0 Å². The monoisotopic (exact) mass is 216 g/mol. The Balaban J connectivity index is 2.30. The van der Waals surface area contributed by atoms with E-state index in [1.54, 1.807) is 6.20 Å². The highest BCUT2D eigenvalue weighted by molar-refractivity contribution is 5.56. The number of nitrogens with one attached hydrogen (secondary N) is 1. The van der Waals surface area contributed by atoms with Gasteiger partial charge in [0.25, 0.3) is 0 Å². The third-order valence-corrected chi connectivity index (χ3v) is 2.49. The highest BCUT2D eigenvalue weighted by atomic mass is 15.2. The topological polar surface area (TPSA) is 42.7 Å². The molecule has 2 aromatic rings. The molecule has 0 radical (unpaired) electrons. The first-order valence-electron chi connectivity index (χ1n) is 5.43. The number of aromatic nitrogens is 3. The predicted octanol–water partition coefficient (Wildman–Crippen LogP) is 2.66. The van der Waals surface area contributed by atoms with E-state index in [1.807, 2.05) is 32.2 Å². The lowest BCUT2D eigenvalue weighted by atomic mass is 10.3. The van der Waals surface area contributed by atoms with Gasteiger partial charge in [0, 0.05) is 18.9 Å². The summed E-state index contributed by atoms with van der Waals surface area (Å²) in [6.45, 7) is 6.98. The van der Waals surface area contributed by atoms with Crippen molar-refractivity contribution in [1.82, 2.24) is 14.5 Å². The Morgan fingerprint density at radius 1 is 1.38 bits per heavy atom. The summed E-state index contributed by atoms with van der Waals surface area (Å²) in [5, 5.41) is 3.30. The molecule has 2 aromatic heterocycles. The van der Waals surface area contributed by atoms with Gasteiger partial charge in [-0.1, -0.05) is 0 Å². The molecule has 0 unspecified atom stereocenters. The molecule has 0 saturated heterocycles. The number of hydrogen-bond acceptors (Lipinski definition) is 3. The van der Waals surface area contributed by atoms with Crippen molar-refractivity contribution in [2.24, 2.45) is 0 Å². The molecule has 2 heterocycles. The van der Waals surface area contributed by atoms with E-state index >= 15 is 0 Å². The highest BCUT2D eigenvalue weighted by Gasteiger charge is 2.05. The smallest absolute Gasteiger partial charge is 0.207 e. The standard InChI is InChI=1S/C12H16N4/c1-4-16-8-9(2)14-12(16)15-11-6-5-7-13-10(11)3/h5-8H,4H2,1-3H3,(H,14,15). The van der Waals surface area contributed by atoms with E-state index in [0.717, 1.165) is 29.6 Å². The number of hydrogen-bond donors (Lipinski definition) is 1. The molecule has 2 rings (SSSR count). The van der Waals surface area contributed by atoms with Crippen molar-refractivity contribution in [2.75, 3.05) is 5.32 Å². The first-order valence-corrected chi connectivity index (χ1v) is 5.43. The van der Waals surface area contributed by atoms with Crippen LogP contribution in [-0.4, -0.2) is 14.5 Å². The number of imidazole rings is 1. The fourth-order valence-electron chi connectivity index (χ4n) is 1.62. The fourth-order valence-corrected chi connectivity index (χ4v) is 1.62. The zero-order valence-corrected chi connectivity index (χ0v) is 9.86. The van der Waals surface area contributed by atoms with E-state index in [0.29, 0.717) is 0 Å². The summed E-state index contributed by atoms with van der Waals surface area (Å²) < 4.78 is 2.09. The first kappa shape index (κ1) is 10.7. The predicted molar refractivity (Wildman–Crippen MR) is 64.9 cm³/mol. The Hall–Kier alpha value is -1.84. The minimum absolute atomic E-state index is 0.871. The molecule has 0 saturated carbocycles. The number of anilines is 2. The maximum Gasteiger partial charge on any atom is 0.207 e. The van der Waals surface area contributed by atoms with Crippen LogP contribution in [0.5, 0.6) is 0 Å². The molecule has 0 amide bonds. The van der Waals surface area contributed by atoms with Crippen LogP contribution in [0.25, 0.3) is 0 Å². The molecule has 84 valence electrons. The Kier molecular flexibility index (Phi) is 2.90. The van der Waals surface area contributed by atoms with Crippen molar-refractivity contribution in [3.05, 3.63) is 35.9 Å². The average molecular weight is 216 g/mol. The number of rotatable bonds is 3. The van der Waals surface area contributed by atoms with Gasteiger partial charge in [-0.25, -0.2) is 4.98 Å². The second-order valence-electron chi connectivity index (χ2n) is 3.75. The van der Waals surface area contributed by atoms with Crippen molar-refractivity contribution >= 4 is 11.6 Å². The summed E-state index contributed by atoms with van der Waals surface area (Å²) in [4.78, 5) is 8.68. The molecule has 0 spiro atoms. The van der Waals surface area contributed by atoms with Gasteiger partial charge in [-0.05, 0) is 32.9 Å². The lowest BCUT2D eigenvalue weighted by Crippen LogP contribution is -2.02. The third kappa shape index (κ3) is 2.05. The molecule has 0 aliphatic heterocycles. The zero-order valence-electron chi connectivity index (χ0n) is 9.86. The maximum absolute atomic E-state index is 4.44. The van der Waals surface area contributed by atoms with Gasteiger partial charge in [0.15, 0.2) is 0 Å². The molecule has 0 aliphatic carbocycles. The Labute approximate surface area is 95.4 Å². The van der Waals surface area contributed by atoms with Crippen LogP contribution >= 0.6 is 0 Å². The normalized spacial score (nSPS) is 10.4. The molecule has 0 bridgehead atoms. The lowest BCUT2D eigenvalue weighted by molar-refractivity contribution is 0.771. The van der Waals surface area contributed by atoms with Gasteiger partial charge in [-0.3, -0.25) is 4.98 Å². The van der Waals surface area contributed by atoms with Crippen LogP contribution in [0.15, 0.2) is 24.5 Å². The summed E-state index contributed by atoms with van der Waals surface area (Å²) in [6.07, 6.45) is 3.83. The average Bonchev–Trinajstić information content (AvgIpc) is 2.62. The molecule has 1 N–H and O–H groups in total. The van der Waals surface area contributed by atoms with Crippen molar-refractivity contribution in [1.29, 1.82) is 0 Å². The number of nitrogens with zero attached hydrogens (tertiary/aromatic N) is 3. The van der Waals surface area contributed by atoms with Gasteiger partial charge in [0.2, 0.25) is 5.95 Å². The largest absolute Gasteiger partial charge is 0.324 e. The van der Waals surface area contributed by atoms with Crippen LogP contribution in [0.1, 0.15) is 18.3 Å². The van der Waals surface area contributed by atoms with Crippen LogP contribution < -0.4 is 5.32 Å². The maximum atomic E-state index is 4.44. The van der Waals surface area contributed by atoms with E-state index < -0.39 is 0 Å². The van der Waals surface area contributed by atoms with Crippen molar-refractivity contribution in [3.63, 3.8) is 0 Å². The molecule has 4 nitrogen and oxygen atoms in total. The van der Waals surface area contributed by atoms with E-state index in [1.165, 1.54) is 0 Å². The summed E-state index contributed by atoms with van der Waals surface area (Å²) in [5.41, 5.74) is 3.00. The van der Waals surface area contributed by atoms with Gasteiger partial charge < -0.3 is 9.88 Å². The van der Waals surface area contributed by atoms with E-state index in [9.17, 15) is 0 Å². The van der Waals surface area contributed by atoms with Crippen molar-refractivity contribution < 1.29 is 0 Å². The summed E-state index contributed by atoms with van der Waals surface area (Å²) in [7, 11) is 0. The highest BCUT2D eigenvalue weighted by Crippen LogP contribution is 2.18. The zero-order chi connectivity index (χ0) is 11.5. The van der Waals surface area contributed by atoms with Crippen LogP contribution in [-0.2, 0) is 6.54 Å². The van der Waals surface area contributed by atoms with Gasteiger partial charge in [-0.2, -0.15) is 0 Å². The van der Waals surface area contributed by atoms with Gasteiger partial charge in [-0.15, -0.1) is 0 Å². The van der Waals surface area contributed by atoms with E-state index in [2.05, 4.69) is 26.8 Å². The Morgan fingerprint density at radius 2 is 2.19 bits per heavy atom. The third-order valence-electron chi connectivity index (χ3n) is 2.49. The second kappa shape index (κ2) is 4.35. The molecule has 0 fully saturated rings. The first-order chi connectivity index (χ1) is 7.70. The summed E-state index contributed by atoms with van der Waals surface area (Å²) in [6, 6.07) is 3.92. The fraction of sp³-hybridized carbons (Fsp3) is 0.333. The van der Waals surface area contributed by atoms with Gasteiger partial charge in [0.05, 0.1) is 17.1 Å². The molecule has 0 aliphatic rings. The van der Waals surface area contributed by atoms with Crippen LogP contribution in [0, 0.1) is 13.8 Å². The van der Waals surface area contributed by atoms with Crippen LogP contribution in [0.4, 0.5) is 11.6 Å². The van der Waals surface area contributed by atoms with Gasteiger partial charge in [0.1, 0.15) is 0 Å². The van der Waals surface area contributed by atoms with Crippen LogP contribution in [0.2, 0.25) is 0 Å². The molecule has 0 atom stereocenters.